The number of carbonyl (C=O) groups excluding carboxylic acids is 1. The molecule has 1 aliphatic heterocycles. The Hall–Kier alpha value is -2.85. The van der Waals surface area contributed by atoms with Crippen molar-refractivity contribution >= 4 is 27.3 Å². The predicted molar refractivity (Wildman–Crippen MR) is 99.6 cm³/mol. The van der Waals surface area contributed by atoms with Crippen LogP contribution in [0, 0.1) is 21.8 Å². The number of amides is 1. The molecule has 148 valence electrons. The fourth-order valence-corrected chi connectivity index (χ4v) is 4.63. The molecule has 2 aromatic rings. The van der Waals surface area contributed by atoms with Crippen LogP contribution in [0.1, 0.15) is 12.8 Å². The number of carbonyl (C=O) groups is 1. The molecule has 1 saturated heterocycles. The minimum atomic E-state index is -3.96. The van der Waals surface area contributed by atoms with E-state index in [1.807, 2.05) is 0 Å². The number of piperidine rings is 1. The van der Waals surface area contributed by atoms with Crippen LogP contribution in [0.5, 0.6) is 0 Å². The maximum Gasteiger partial charge on any atom is 0.271 e. The van der Waals surface area contributed by atoms with E-state index in [4.69, 9.17) is 0 Å². The maximum absolute atomic E-state index is 13.9. The molecule has 0 unspecified atom stereocenters. The van der Waals surface area contributed by atoms with E-state index < -0.39 is 26.7 Å². The van der Waals surface area contributed by atoms with Gasteiger partial charge in [0, 0.05) is 36.8 Å². The molecule has 1 aliphatic rings. The first kappa shape index (κ1) is 19.9. The normalized spacial score (nSPS) is 15.9. The van der Waals surface area contributed by atoms with Crippen LogP contribution in [0.4, 0.5) is 15.8 Å². The lowest BCUT2D eigenvalue weighted by Crippen LogP contribution is -2.41. The van der Waals surface area contributed by atoms with E-state index in [2.05, 4.69) is 5.32 Å². The Labute approximate surface area is 161 Å². The first-order valence-electron chi connectivity index (χ1n) is 8.59. The second-order valence-electron chi connectivity index (χ2n) is 6.41. The lowest BCUT2D eigenvalue weighted by atomic mass is 9.97. The highest BCUT2D eigenvalue weighted by atomic mass is 32.2. The Morgan fingerprint density at radius 2 is 1.82 bits per heavy atom. The molecular formula is C18H18FN3O5S. The molecule has 8 nitrogen and oxygen atoms in total. The Bertz CT molecular complexity index is 1000. The fourth-order valence-electron chi connectivity index (χ4n) is 3.09. The second-order valence-corrected chi connectivity index (χ2v) is 8.31. The summed E-state index contributed by atoms with van der Waals surface area (Å²) in [6.45, 7) is 0.174. The number of halogens is 1. The van der Waals surface area contributed by atoms with Gasteiger partial charge in [-0.2, -0.15) is 4.31 Å². The molecule has 1 amide bonds. The van der Waals surface area contributed by atoms with Gasteiger partial charge in [-0.05, 0) is 31.0 Å². The molecule has 1 N–H and O–H groups in total. The van der Waals surface area contributed by atoms with Gasteiger partial charge in [0.25, 0.3) is 5.69 Å². The van der Waals surface area contributed by atoms with Crippen molar-refractivity contribution in [3.63, 3.8) is 0 Å². The zero-order valence-electron chi connectivity index (χ0n) is 14.7. The summed E-state index contributed by atoms with van der Waals surface area (Å²) in [7, 11) is -3.96. The van der Waals surface area contributed by atoms with Crippen LogP contribution < -0.4 is 5.32 Å². The molecule has 10 heteroatoms. The Morgan fingerprint density at radius 1 is 1.14 bits per heavy atom. The third kappa shape index (κ3) is 4.18. The molecule has 0 aromatic heterocycles. The molecule has 0 spiro atoms. The summed E-state index contributed by atoms with van der Waals surface area (Å²) in [4.78, 5) is 22.3. The minimum absolute atomic E-state index is 0.0870. The molecule has 1 fully saturated rings. The second kappa shape index (κ2) is 8.03. The molecule has 0 bridgehead atoms. The summed E-state index contributed by atoms with van der Waals surface area (Å²) in [6, 6.07) is 10.8. The lowest BCUT2D eigenvalue weighted by molar-refractivity contribution is -0.384. The van der Waals surface area contributed by atoms with Gasteiger partial charge in [-0.3, -0.25) is 14.9 Å². The van der Waals surface area contributed by atoms with Crippen LogP contribution >= 0.6 is 0 Å². The van der Waals surface area contributed by atoms with Crippen molar-refractivity contribution in [2.24, 2.45) is 5.92 Å². The predicted octanol–water partition coefficient (Wildman–Crippen LogP) is 2.77. The molecule has 2 aromatic carbocycles. The summed E-state index contributed by atoms with van der Waals surface area (Å²) in [5.74, 6) is -1.58. The SMILES string of the molecule is O=C(Nc1cccc([N+](=O)[O-])c1)C1CCN(S(=O)(=O)c2ccccc2F)CC1. The van der Waals surface area contributed by atoms with Gasteiger partial charge < -0.3 is 5.32 Å². The summed E-state index contributed by atoms with van der Waals surface area (Å²) >= 11 is 0. The average molecular weight is 407 g/mol. The number of nitrogens with one attached hydrogen (secondary N) is 1. The molecule has 0 atom stereocenters. The monoisotopic (exact) mass is 407 g/mol. The van der Waals surface area contributed by atoms with Crippen LogP contribution in [0.15, 0.2) is 53.4 Å². The summed E-state index contributed by atoms with van der Waals surface area (Å²) in [5, 5.41) is 13.4. The molecule has 0 radical (unpaired) electrons. The number of hydrogen-bond acceptors (Lipinski definition) is 5. The number of non-ortho nitro benzene ring substituents is 1. The van der Waals surface area contributed by atoms with Gasteiger partial charge in [0.15, 0.2) is 0 Å². The third-order valence-electron chi connectivity index (χ3n) is 4.60. The number of sulfonamides is 1. The number of hydrogen-bond donors (Lipinski definition) is 1. The van der Waals surface area contributed by atoms with Gasteiger partial charge >= 0.3 is 0 Å². The van der Waals surface area contributed by atoms with E-state index in [1.165, 1.54) is 40.7 Å². The van der Waals surface area contributed by atoms with Gasteiger partial charge in [-0.15, -0.1) is 0 Å². The van der Waals surface area contributed by atoms with Crippen LogP contribution in [0.25, 0.3) is 0 Å². The van der Waals surface area contributed by atoms with Crippen molar-refractivity contribution in [1.29, 1.82) is 0 Å². The number of nitro groups is 1. The first-order valence-corrected chi connectivity index (χ1v) is 10.0. The number of nitrogens with zero attached hydrogens (tertiary/aromatic N) is 2. The van der Waals surface area contributed by atoms with Crippen molar-refractivity contribution in [1.82, 2.24) is 4.31 Å². The number of benzene rings is 2. The third-order valence-corrected chi connectivity index (χ3v) is 6.54. The van der Waals surface area contributed by atoms with E-state index in [9.17, 15) is 27.7 Å². The maximum atomic E-state index is 13.9. The largest absolute Gasteiger partial charge is 0.326 e. The Kier molecular flexibility index (Phi) is 5.71. The quantitative estimate of drug-likeness (QED) is 0.605. The molecule has 0 saturated carbocycles. The van der Waals surface area contributed by atoms with Gasteiger partial charge in [0.2, 0.25) is 15.9 Å². The Morgan fingerprint density at radius 3 is 2.46 bits per heavy atom. The van der Waals surface area contributed by atoms with Gasteiger partial charge in [-0.1, -0.05) is 18.2 Å². The van der Waals surface area contributed by atoms with Crippen molar-refractivity contribution in [2.45, 2.75) is 17.7 Å². The molecule has 0 aliphatic carbocycles. The highest BCUT2D eigenvalue weighted by Gasteiger charge is 2.33. The number of nitro benzene ring substituents is 1. The van der Waals surface area contributed by atoms with E-state index in [-0.39, 0.29) is 42.4 Å². The van der Waals surface area contributed by atoms with E-state index in [0.717, 1.165) is 6.07 Å². The van der Waals surface area contributed by atoms with Crippen LogP contribution in [-0.4, -0.2) is 36.6 Å². The number of rotatable bonds is 5. The van der Waals surface area contributed by atoms with Gasteiger partial charge in [0.05, 0.1) is 4.92 Å². The topological polar surface area (TPSA) is 110 Å². The summed E-state index contributed by atoms with van der Waals surface area (Å²) in [6.07, 6.45) is 0.545. The van der Waals surface area contributed by atoms with Crippen molar-refractivity contribution in [2.75, 3.05) is 18.4 Å². The fraction of sp³-hybridized carbons (Fsp3) is 0.278. The zero-order valence-corrected chi connectivity index (χ0v) is 15.6. The van der Waals surface area contributed by atoms with Crippen molar-refractivity contribution in [3.8, 4) is 0 Å². The van der Waals surface area contributed by atoms with Crippen LogP contribution in [-0.2, 0) is 14.8 Å². The molecular weight excluding hydrogens is 389 g/mol. The average Bonchev–Trinajstić information content (AvgIpc) is 2.68. The van der Waals surface area contributed by atoms with Gasteiger partial charge in [0.1, 0.15) is 10.7 Å². The first-order chi connectivity index (χ1) is 13.3. The molecule has 1 heterocycles. The van der Waals surface area contributed by atoms with E-state index >= 15 is 0 Å². The number of anilines is 1. The van der Waals surface area contributed by atoms with Crippen LogP contribution in [0.3, 0.4) is 0 Å². The highest BCUT2D eigenvalue weighted by Crippen LogP contribution is 2.26. The summed E-state index contributed by atoms with van der Waals surface area (Å²) in [5.41, 5.74) is 0.171. The van der Waals surface area contributed by atoms with Crippen molar-refractivity contribution < 1.29 is 22.5 Å². The van der Waals surface area contributed by atoms with E-state index in [1.54, 1.807) is 6.07 Å². The summed E-state index contributed by atoms with van der Waals surface area (Å²) < 4.78 is 40.2. The van der Waals surface area contributed by atoms with E-state index in [0.29, 0.717) is 5.69 Å². The van der Waals surface area contributed by atoms with Crippen LogP contribution in [0.2, 0.25) is 0 Å². The smallest absolute Gasteiger partial charge is 0.271 e. The lowest BCUT2D eigenvalue weighted by Gasteiger charge is -2.30. The zero-order chi connectivity index (χ0) is 20.3. The molecule has 3 rings (SSSR count). The van der Waals surface area contributed by atoms with Gasteiger partial charge in [-0.25, -0.2) is 12.8 Å². The minimum Gasteiger partial charge on any atom is -0.326 e. The van der Waals surface area contributed by atoms with Crippen molar-refractivity contribution in [3.05, 3.63) is 64.5 Å². The molecule has 28 heavy (non-hydrogen) atoms. The highest BCUT2D eigenvalue weighted by molar-refractivity contribution is 7.89. The standard InChI is InChI=1S/C18H18FN3O5S/c19-16-6-1-2-7-17(16)28(26,27)21-10-8-13(9-11-21)18(23)20-14-4-3-5-15(12-14)22(24)25/h1-7,12-13H,8-11H2,(H,20,23). The Balaban J connectivity index is 1.64.